The van der Waals surface area contributed by atoms with Crippen molar-refractivity contribution in [1.29, 1.82) is 5.41 Å². The third-order valence-corrected chi connectivity index (χ3v) is 0.672. The molecule has 1 aromatic rings. The van der Waals surface area contributed by atoms with Crippen LogP contribution in [0.1, 0.15) is 0 Å². The largest absolute Gasteiger partial charge is 0.333 e. The molecule has 0 amide bonds. The van der Waals surface area contributed by atoms with Crippen molar-refractivity contribution in [2.75, 3.05) is 0 Å². The quantitative estimate of drug-likeness (QED) is 0.326. The van der Waals surface area contributed by atoms with Crippen molar-refractivity contribution in [3.63, 3.8) is 0 Å². The zero-order valence-electron chi connectivity index (χ0n) is 4.13. The van der Waals surface area contributed by atoms with E-state index in [2.05, 4.69) is 9.26 Å². The fraction of sp³-hybridized carbons (Fsp3) is 0. The van der Waals surface area contributed by atoms with Crippen LogP contribution in [-0.4, -0.2) is 5.16 Å². The number of nitrogens with one attached hydrogen (secondary N) is 2. The molecule has 0 radical (unpaired) electrons. The van der Waals surface area contributed by atoms with Crippen LogP contribution >= 0.6 is 0 Å². The molecule has 9 heavy (non-hydrogen) atoms. The summed E-state index contributed by atoms with van der Waals surface area (Å²) in [4.78, 5) is 20.5. The van der Waals surface area contributed by atoms with Crippen LogP contribution < -0.4 is 16.5 Å². The molecule has 48 valence electrons. The average molecular weight is 130 g/mol. The van der Waals surface area contributed by atoms with E-state index < -0.39 is 16.5 Å². The third-order valence-electron chi connectivity index (χ3n) is 0.672. The smallest absolute Gasteiger partial charge is 0.277 e. The molecule has 2 N–H and O–H groups in total. The monoisotopic (exact) mass is 130 g/mol. The second-order valence-electron chi connectivity index (χ2n) is 1.26. The molecule has 0 bridgehead atoms. The lowest BCUT2D eigenvalue weighted by atomic mass is 10.7. The molecule has 0 saturated carbocycles. The zero-order chi connectivity index (χ0) is 6.85. The van der Waals surface area contributed by atoms with Gasteiger partial charge in [0.15, 0.2) is 0 Å². The minimum atomic E-state index is -1.04. The first-order chi connectivity index (χ1) is 4.22. The molecule has 0 aliphatic heterocycles. The van der Waals surface area contributed by atoms with Crippen molar-refractivity contribution in [3.05, 3.63) is 26.1 Å². The number of H-pyrrole nitrogens is 1. The van der Waals surface area contributed by atoms with Crippen LogP contribution in [0, 0.1) is 5.41 Å². The Labute approximate surface area is 47.1 Å². The van der Waals surface area contributed by atoms with Crippen LogP contribution in [0.2, 0.25) is 0 Å². The first-order valence-electron chi connectivity index (χ1n) is 1.98. The summed E-state index contributed by atoms with van der Waals surface area (Å²) in [5.41, 5.74) is -2.84. The molecule has 6 heteroatoms. The van der Waals surface area contributed by atoms with Crippen molar-refractivity contribution in [2.24, 2.45) is 0 Å². The van der Waals surface area contributed by atoms with Crippen LogP contribution in [0.4, 0.5) is 0 Å². The summed E-state index contributed by atoms with van der Waals surface area (Å²) in [6, 6.07) is 0. The molecule has 0 aliphatic carbocycles. The van der Waals surface area contributed by atoms with Gasteiger partial charge in [-0.25, -0.2) is 4.58 Å². The molecule has 0 atom stereocenters. The van der Waals surface area contributed by atoms with Gasteiger partial charge in [0.05, 0.1) is 0 Å². The molecular weight excluding hydrogens is 128 g/mol. The Balaban J connectivity index is 3.85. The van der Waals surface area contributed by atoms with E-state index in [0.29, 0.717) is 0 Å². The van der Waals surface area contributed by atoms with Gasteiger partial charge >= 0.3 is 16.5 Å². The van der Waals surface area contributed by atoms with E-state index in [0.717, 1.165) is 0 Å². The van der Waals surface area contributed by atoms with Crippen LogP contribution in [0.3, 0.4) is 0 Å². The fourth-order valence-corrected chi connectivity index (χ4v) is 0.288. The van der Waals surface area contributed by atoms with Crippen molar-refractivity contribution in [1.82, 2.24) is 5.16 Å². The standard InChI is InChI=1S/C3H2N2O4/c4-2-1(6)3(7)5-9-8-2/h4H,(H,5,7). The molecule has 6 nitrogen and oxygen atoms in total. The zero-order valence-corrected chi connectivity index (χ0v) is 4.13. The third kappa shape index (κ3) is 0.809. The van der Waals surface area contributed by atoms with Gasteiger partial charge in [0.25, 0.3) is 0 Å². The Morgan fingerprint density at radius 2 is 2.11 bits per heavy atom. The summed E-state index contributed by atoms with van der Waals surface area (Å²) in [5.74, 6) is 0. The Kier molecular flexibility index (Phi) is 1.07. The number of aromatic amines is 1. The van der Waals surface area contributed by atoms with Crippen molar-refractivity contribution < 1.29 is 9.26 Å². The minimum Gasteiger partial charge on any atom is -0.277 e. The van der Waals surface area contributed by atoms with Gasteiger partial charge in [0.2, 0.25) is 0 Å². The number of hydrogen-bond acceptors (Lipinski definition) is 5. The highest BCUT2D eigenvalue weighted by molar-refractivity contribution is 4.71. The van der Waals surface area contributed by atoms with E-state index in [4.69, 9.17) is 5.41 Å². The maximum absolute atomic E-state index is 10.3. The highest BCUT2D eigenvalue weighted by Gasteiger charge is 1.95. The number of aromatic nitrogens is 1. The molecule has 0 aliphatic rings. The maximum atomic E-state index is 10.3. The van der Waals surface area contributed by atoms with Gasteiger partial charge in [-0.15, -0.1) is 5.16 Å². The van der Waals surface area contributed by atoms with Gasteiger partial charge in [-0.05, 0) is 0 Å². The summed E-state index contributed by atoms with van der Waals surface area (Å²) >= 11 is 0. The van der Waals surface area contributed by atoms with Crippen molar-refractivity contribution >= 4 is 0 Å². The predicted molar refractivity (Wildman–Crippen MR) is 23.7 cm³/mol. The summed E-state index contributed by atoms with van der Waals surface area (Å²) in [7, 11) is 0. The second kappa shape index (κ2) is 1.73. The lowest BCUT2D eigenvalue weighted by Gasteiger charge is -1.74. The summed E-state index contributed by atoms with van der Waals surface area (Å²) in [6.07, 6.45) is 0. The van der Waals surface area contributed by atoms with Crippen LogP contribution in [0.15, 0.2) is 18.8 Å². The SMILES string of the molecule is N=c1oo[nH]c(=O)c1=O. The molecule has 0 spiro atoms. The van der Waals surface area contributed by atoms with E-state index in [1.54, 1.807) is 5.16 Å². The molecule has 1 heterocycles. The van der Waals surface area contributed by atoms with Gasteiger partial charge < -0.3 is 0 Å². The molecule has 0 unspecified atom stereocenters. The van der Waals surface area contributed by atoms with Gasteiger partial charge in [-0.3, -0.25) is 15.0 Å². The normalized spacial score (nSPS) is 9.33. The average Bonchev–Trinajstić information content (AvgIpc) is 1.83. The minimum absolute atomic E-state index is 0.807. The lowest BCUT2D eigenvalue weighted by Crippen LogP contribution is -2.38. The van der Waals surface area contributed by atoms with Crippen LogP contribution in [-0.2, 0) is 0 Å². The molecule has 1 rings (SSSR count). The Bertz CT molecular complexity index is 324. The molecule has 1 aromatic heterocycles. The Morgan fingerprint density at radius 1 is 1.44 bits per heavy atom. The number of rotatable bonds is 0. The van der Waals surface area contributed by atoms with Gasteiger partial charge in [-0.2, -0.15) is 4.68 Å². The Morgan fingerprint density at radius 3 is 2.56 bits per heavy atom. The molecular formula is C3H2N2O4. The van der Waals surface area contributed by atoms with E-state index in [9.17, 15) is 9.59 Å². The molecule has 0 saturated heterocycles. The lowest BCUT2D eigenvalue weighted by molar-refractivity contribution is -0.0373. The maximum Gasteiger partial charge on any atom is 0.333 e. The topological polar surface area (TPSA) is 100 Å². The second-order valence-corrected chi connectivity index (χ2v) is 1.26. The van der Waals surface area contributed by atoms with Gasteiger partial charge in [0, 0.05) is 0 Å². The highest BCUT2D eigenvalue weighted by Crippen LogP contribution is 1.50. The van der Waals surface area contributed by atoms with Crippen LogP contribution in [0.5, 0.6) is 0 Å². The van der Waals surface area contributed by atoms with E-state index in [1.807, 2.05) is 0 Å². The highest BCUT2D eigenvalue weighted by atomic mass is 17.0. The number of hydrogen-bond donors (Lipinski definition) is 2. The summed E-state index contributed by atoms with van der Waals surface area (Å²) in [5, 5.41) is 8.18. The molecule has 0 aromatic carbocycles. The van der Waals surface area contributed by atoms with Gasteiger partial charge in [-0.1, -0.05) is 0 Å². The fourth-order valence-electron chi connectivity index (χ4n) is 0.288. The van der Waals surface area contributed by atoms with E-state index in [1.165, 1.54) is 0 Å². The first-order valence-corrected chi connectivity index (χ1v) is 1.98. The van der Waals surface area contributed by atoms with Crippen molar-refractivity contribution in [3.8, 4) is 0 Å². The van der Waals surface area contributed by atoms with Crippen LogP contribution in [0.25, 0.3) is 0 Å². The van der Waals surface area contributed by atoms with E-state index >= 15 is 0 Å². The molecule has 0 fully saturated rings. The van der Waals surface area contributed by atoms with Gasteiger partial charge in [0.1, 0.15) is 0 Å². The van der Waals surface area contributed by atoms with E-state index in [-0.39, 0.29) is 0 Å². The Hall–Kier alpha value is -1.59. The first kappa shape index (κ1) is 5.54. The summed E-state index contributed by atoms with van der Waals surface area (Å²) in [6.45, 7) is 0. The predicted octanol–water partition coefficient (Wildman–Crippen LogP) is -1.60. The summed E-state index contributed by atoms with van der Waals surface area (Å²) < 4.78 is 7.68. The van der Waals surface area contributed by atoms with Crippen molar-refractivity contribution in [2.45, 2.75) is 0 Å².